The number of ketones is 1. The Morgan fingerprint density at radius 3 is 2.63 bits per heavy atom. The van der Waals surface area contributed by atoms with Crippen LogP contribution in [0.3, 0.4) is 0 Å². The predicted octanol–water partition coefficient (Wildman–Crippen LogP) is 3.15. The minimum atomic E-state index is -4.42. The van der Waals surface area contributed by atoms with Crippen LogP contribution in [-0.4, -0.2) is 32.3 Å². The zero-order chi connectivity index (χ0) is 14.5. The molecule has 0 heterocycles. The Morgan fingerprint density at radius 1 is 1.37 bits per heavy atom. The summed E-state index contributed by atoms with van der Waals surface area (Å²) >= 11 is 3.25. The highest BCUT2D eigenvalue weighted by molar-refractivity contribution is 9.10. The van der Waals surface area contributed by atoms with Crippen LogP contribution in [0.4, 0.5) is 13.2 Å². The smallest absolute Gasteiger partial charge is 0.411 e. The maximum atomic E-state index is 11.8. The molecular formula is C12H12BrF3O3. The first-order valence-corrected chi connectivity index (χ1v) is 6.10. The molecular weight excluding hydrogens is 329 g/mol. The molecule has 106 valence electrons. The molecule has 0 spiro atoms. The van der Waals surface area contributed by atoms with Crippen molar-refractivity contribution in [3.63, 3.8) is 0 Å². The molecule has 1 aromatic rings. The van der Waals surface area contributed by atoms with Crippen molar-refractivity contribution in [2.75, 3.05) is 20.3 Å². The van der Waals surface area contributed by atoms with Crippen LogP contribution in [0.5, 0.6) is 5.75 Å². The Bertz CT molecular complexity index is 446. The summed E-state index contributed by atoms with van der Waals surface area (Å²) in [5.74, 6) is 0.0630. The highest BCUT2D eigenvalue weighted by Crippen LogP contribution is 2.23. The molecule has 3 nitrogen and oxygen atoms in total. The molecule has 0 aromatic heterocycles. The van der Waals surface area contributed by atoms with E-state index >= 15 is 0 Å². The Balaban J connectivity index is 2.55. The fourth-order valence-corrected chi connectivity index (χ4v) is 1.84. The minimum absolute atomic E-state index is 0.0412. The molecule has 0 fully saturated rings. The molecule has 0 aliphatic heterocycles. The van der Waals surface area contributed by atoms with Crippen LogP contribution in [0.1, 0.15) is 5.56 Å². The van der Waals surface area contributed by atoms with Gasteiger partial charge in [0.2, 0.25) is 0 Å². The van der Waals surface area contributed by atoms with Crippen molar-refractivity contribution in [1.82, 2.24) is 0 Å². The van der Waals surface area contributed by atoms with Gasteiger partial charge in [-0.3, -0.25) is 4.79 Å². The summed E-state index contributed by atoms with van der Waals surface area (Å²) in [6.45, 7) is -2.00. The number of methoxy groups -OCH3 is 1. The average molecular weight is 341 g/mol. The maximum absolute atomic E-state index is 11.8. The normalized spacial score (nSPS) is 11.4. The SMILES string of the molecule is COc1ccc(Br)cc1CC(=O)COCC(F)(F)F. The van der Waals surface area contributed by atoms with Gasteiger partial charge in [0.25, 0.3) is 0 Å². The number of alkyl halides is 3. The van der Waals surface area contributed by atoms with E-state index in [9.17, 15) is 18.0 Å². The summed E-state index contributed by atoms with van der Waals surface area (Å²) in [4.78, 5) is 11.5. The van der Waals surface area contributed by atoms with Crippen LogP contribution in [0.25, 0.3) is 0 Å². The van der Waals surface area contributed by atoms with Crippen LogP contribution >= 0.6 is 15.9 Å². The molecule has 0 bridgehead atoms. The van der Waals surface area contributed by atoms with Crippen molar-refractivity contribution in [3.05, 3.63) is 28.2 Å². The number of Topliss-reactive ketones (excluding diaryl/α,β-unsaturated/α-hetero) is 1. The van der Waals surface area contributed by atoms with E-state index in [-0.39, 0.29) is 6.42 Å². The Kier molecular flexibility index (Phi) is 5.81. The first kappa shape index (κ1) is 16.0. The Labute approximate surface area is 116 Å². The molecule has 0 saturated carbocycles. The molecule has 0 unspecified atom stereocenters. The van der Waals surface area contributed by atoms with E-state index in [1.165, 1.54) is 7.11 Å². The van der Waals surface area contributed by atoms with Gasteiger partial charge in [-0.15, -0.1) is 0 Å². The van der Waals surface area contributed by atoms with Gasteiger partial charge < -0.3 is 9.47 Å². The fourth-order valence-electron chi connectivity index (χ4n) is 1.43. The maximum Gasteiger partial charge on any atom is 0.411 e. The van der Waals surface area contributed by atoms with Gasteiger partial charge in [-0.25, -0.2) is 0 Å². The summed E-state index contributed by atoms with van der Waals surface area (Å²) in [6.07, 6.45) is -4.46. The first-order valence-electron chi connectivity index (χ1n) is 5.30. The zero-order valence-electron chi connectivity index (χ0n) is 10.1. The third-order valence-electron chi connectivity index (χ3n) is 2.16. The van der Waals surface area contributed by atoms with Gasteiger partial charge in [-0.05, 0) is 18.2 Å². The number of carbonyl (C=O) groups excluding carboxylic acids is 1. The van der Waals surface area contributed by atoms with Gasteiger partial charge in [0.15, 0.2) is 5.78 Å². The second-order valence-corrected chi connectivity index (χ2v) is 4.70. The Hall–Kier alpha value is -1.08. The summed E-state index contributed by atoms with van der Waals surface area (Å²) < 4.78 is 45.7. The van der Waals surface area contributed by atoms with Gasteiger partial charge in [0, 0.05) is 16.5 Å². The minimum Gasteiger partial charge on any atom is -0.496 e. The summed E-state index contributed by atoms with van der Waals surface area (Å²) in [5.41, 5.74) is 0.595. The van der Waals surface area contributed by atoms with Crippen molar-refractivity contribution in [3.8, 4) is 5.75 Å². The van der Waals surface area contributed by atoms with Gasteiger partial charge in [0.05, 0.1) is 7.11 Å². The quantitative estimate of drug-likeness (QED) is 0.798. The van der Waals surface area contributed by atoms with Crippen LogP contribution in [0, 0.1) is 0 Å². The summed E-state index contributed by atoms with van der Waals surface area (Å²) in [7, 11) is 1.46. The fraction of sp³-hybridized carbons (Fsp3) is 0.417. The lowest BCUT2D eigenvalue weighted by Gasteiger charge is -2.09. The second kappa shape index (κ2) is 6.91. The van der Waals surface area contributed by atoms with E-state index in [4.69, 9.17) is 4.74 Å². The lowest BCUT2D eigenvalue weighted by Crippen LogP contribution is -2.21. The van der Waals surface area contributed by atoms with Crippen molar-refractivity contribution >= 4 is 21.7 Å². The molecule has 1 rings (SSSR count). The molecule has 1 aromatic carbocycles. The third-order valence-corrected chi connectivity index (χ3v) is 2.65. The van der Waals surface area contributed by atoms with Crippen LogP contribution < -0.4 is 4.74 Å². The van der Waals surface area contributed by atoms with Gasteiger partial charge >= 0.3 is 6.18 Å². The van der Waals surface area contributed by atoms with E-state index in [1.54, 1.807) is 18.2 Å². The zero-order valence-corrected chi connectivity index (χ0v) is 11.7. The summed E-state index contributed by atoms with van der Waals surface area (Å²) in [5, 5.41) is 0. The number of ether oxygens (including phenoxy) is 2. The van der Waals surface area contributed by atoms with Gasteiger partial charge in [0.1, 0.15) is 19.0 Å². The number of rotatable bonds is 6. The lowest BCUT2D eigenvalue weighted by molar-refractivity contribution is -0.175. The van der Waals surface area contributed by atoms with Crippen molar-refractivity contribution in [2.45, 2.75) is 12.6 Å². The number of hydrogen-bond acceptors (Lipinski definition) is 3. The number of hydrogen-bond donors (Lipinski definition) is 0. The predicted molar refractivity (Wildman–Crippen MR) is 66.3 cm³/mol. The van der Waals surface area contributed by atoms with E-state index in [1.807, 2.05) is 0 Å². The first-order chi connectivity index (χ1) is 8.81. The van der Waals surface area contributed by atoms with Crippen molar-refractivity contribution in [2.24, 2.45) is 0 Å². The van der Waals surface area contributed by atoms with Crippen LogP contribution in [0.15, 0.2) is 22.7 Å². The molecule has 0 N–H and O–H groups in total. The molecule has 0 amide bonds. The van der Waals surface area contributed by atoms with Gasteiger partial charge in [-0.1, -0.05) is 15.9 Å². The molecule has 0 aliphatic rings. The van der Waals surface area contributed by atoms with E-state index in [0.717, 1.165) is 4.47 Å². The summed E-state index contributed by atoms with van der Waals surface area (Å²) in [6, 6.07) is 5.09. The van der Waals surface area contributed by atoms with Crippen LogP contribution in [0.2, 0.25) is 0 Å². The molecule has 0 aliphatic carbocycles. The number of benzene rings is 1. The average Bonchev–Trinajstić information content (AvgIpc) is 2.27. The molecule has 0 saturated heterocycles. The monoisotopic (exact) mass is 340 g/mol. The van der Waals surface area contributed by atoms with Gasteiger partial charge in [-0.2, -0.15) is 13.2 Å². The van der Waals surface area contributed by atoms with E-state index in [0.29, 0.717) is 11.3 Å². The van der Waals surface area contributed by atoms with E-state index < -0.39 is 25.2 Å². The molecule has 0 atom stereocenters. The highest BCUT2D eigenvalue weighted by atomic mass is 79.9. The van der Waals surface area contributed by atoms with E-state index in [2.05, 4.69) is 20.7 Å². The molecule has 7 heteroatoms. The van der Waals surface area contributed by atoms with Crippen LogP contribution in [-0.2, 0) is 16.0 Å². The molecule has 0 radical (unpaired) electrons. The van der Waals surface area contributed by atoms with Crippen molar-refractivity contribution in [1.29, 1.82) is 0 Å². The number of carbonyl (C=O) groups is 1. The second-order valence-electron chi connectivity index (χ2n) is 3.78. The highest BCUT2D eigenvalue weighted by Gasteiger charge is 2.27. The topological polar surface area (TPSA) is 35.5 Å². The molecule has 19 heavy (non-hydrogen) atoms. The standard InChI is InChI=1S/C12H12BrF3O3/c1-18-11-3-2-9(13)4-8(11)5-10(17)6-19-7-12(14,15)16/h2-4H,5-7H2,1H3. The lowest BCUT2D eigenvalue weighted by atomic mass is 10.1. The largest absolute Gasteiger partial charge is 0.496 e. The number of halogens is 4. The Morgan fingerprint density at radius 2 is 2.05 bits per heavy atom. The van der Waals surface area contributed by atoms with Crippen molar-refractivity contribution < 1.29 is 27.4 Å². The third kappa shape index (κ3) is 6.07.